The molecule has 1 aliphatic rings. The van der Waals surface area contributed by atoms with Crippen LogP contribution >= 0.6 is 0 Å². The van der Waals surface area contributed by atoms with Crippen LogP contribution in [-0.2, 0) is 4.79 Å². The number of hydrogen-bond donors (Lipinski definition) is 1. The van der Waals surface area contributed by atoms with Crippen LogP contribution in [0.3, 0.4) is 0 Å². The van der Waals surface area contributed by atoms with E-state index in [-0.39, 0.29) is 5.78 Å². The zero-order chi connectivity index (χ0) is 7.40. The molecule has 0 bridgehead atoms. The third kappa shape index (κ3) is 2.45. The Bertz CT molecular complexity index is 119. The van der Waals surface area contributed by atoms with Crippen LogP contribution in [0.2, 0.25) is 0 Å². The van der Waals surface area contributed by atoms with Crippen molar-refractivity contribution >= 4 is 5.78 Å². The van der Waals surface area contributed by atoms with Gasteiger partial charge in [0.2, 0.25) is 0 Å². The lowest BCUT2D eigenvalue weighted by Crippen LogP contribution is -2.33. The van der Waals surface area contributed by atoms with Gasteiger partial charge in [-0.25, -0.2) is 5.32 Å². The Kier molecular flexibility index (Phi) is 2.83. The van der Waals surface area contributed by atoms with Gasteiger partial charge in [0, 0.05) is 19.1 Å². The Morgan fingerprint density at radius 1 is 1.80 bits per heavy atom. The molecule has 1 N–H and O–H groups in total. The average molecular weight is 141 g/mol. The summed E-state index contributed by atoms with van der Waals surface area (Å²) in [5, 5.41) is 7.31. The molecular weight excluding hydrogens is 128 g/mol. The second kappa shape index (κ2) is 3.68. The number of nitrogens with zero attached hydrogens (tertiary/aromatic N) is 1. The van der Waals surface area contributed by atoms with E-state index >= 15 is 0 Å². The number of rotatable bonds is 3. The molecule has 0 saturated carbocycles. The van der Waals surface area contributed by atoms with Gasteiger partial charge in [-0.1, -0.05) is 0 Å². The summed E-state index contributed by atoms with van der Waals surface area (Å²) in [7, 11) is 0. The molecule has 1 aliphatic heterocycles. The highest BCUT2D eigenvalue weighted by Gasteiger charge is 2.14. The van der Waals surface area contributed by atoms with E-state index in [9.17, 15) is 4.79 Å². The number of Topliss-reactive ketones (excluding diaryl/α,β-unsaturated/α-hetero) is 1. The molecule has 1 heterocycles. The van der Waals surface area contributed by atoms with Crippen molar-refractivity contribution in [3.05, 3.63) is 0 Å². The van der Waals surface area contributed by atoms with Crippen LogP contribution in [0, 0.1) is 0 Å². The first kappa shape index (κ1) is 7.69. The molecule has 0 aromatic carbocycles. The predicted octanol–water partition coefficient (Wildman–Crippen LogP) is -0.458. The van der Waals surface area contributed by atoms with Crippen LogP contribution in [-0.4, -0.2) is 31.5 Å². The third-order valence-electron chi connectivity index (χ3n) is 1.62. The number of carbonyl (C=O) groups excluding carboxylic acids is 1. The van der Waals surface area contributed by atoms with E-state index in [1.807, 2.05) is 0 Å². The smallest absolute Gasteiger partial charge is 0.143 e. The summed E-state index contributed by atoms with van der Waals surface area (Å²) >= 11 is 0. The Balaban J connectivity index is 2.07. The third-order valence-corrected chi connectivity index (χ3v) is 1.62. The summed E-state index contributed by atoms with van der Waals surface area (Å²) in [6, 6.07) is 0.462. The van der Waals surface area contributed by atoms with Gasteiger partial charge >= 0.3 is 0 Å². The minimum atomic E-state index is 0.201. The Hall–Kier alpha value is -0.410. The first-order valence-corrected chi connectivity index (χ1v) is 3.65. The van der Waals surface area contributed by atoms with Gasteiger partial charge in [-0.3, -0.25) is 4.79 Å². The molecule has 57 valence electrons. The molecule has 1 radical (unpaired) electrons. The van der Waals surface area contributed by atoms with Gasteiger partial charge < -0.3 is 5.32 Å². The van der Waals surface area contributed by atoms with Crippen molar-refractivity contribution in [1.82, 2.24) is 10.6 Å². The van der Waals surface area contributed by atoms with Crippen molar-refractivity contribution in [1.29, 1.82) is 0 Å². The maximum atomic E-state index is 10.5. The van der Waals surface area contributed by atoms with Gasteiger partial charge in [-0.15, -0.1) is 0 Å². The quantitative estimate of drug-likeness (QED) is 0.578. The predicted molar refractivity (Wildman–Crippen MR) is 39.0 cm³/mol. The molecule has 0 aromatic rings. The first-order chi connectivity index (χ1) is 4.79. The van der Waals surface area contributed by atoms with Crippen LogP contribution in [0.4, 0.5) is 0 Å². The Morgan fingerprint density at radius 3 is 3.10 bits per heavy atom. The highest BCUT2D eigenvalue weighted by molar-refractivity contribution is 5.77. The zero-order valence-corrected chi connectivity index (χ0v) is 6.26. The summed E-state index contributed by atoms with van der Waals surface area (Å²) in [6.45, 7) is 3.93. The van der Waals surface area contributed by atoms with Crippen molar-refractivity contribution in [2.24, 2.45) is 0 Å². The molecule has 1 unspecified atom stereocenters. The fourth-order valence-corrected chi connectivity index (χ4v) is 1.04. The maximum absolute atomic E-state index is 10.5. The summed E-state index contributed by atoms with van der Waals surface area (Å²) in [5.41, 5.74) is 0. The second-order valence-electron chi connectivity index (χ2n) is 2.70. The average Bonchev–Trinajstić information content (AvgIpc) is 2.34. The normalized spacial score (nSPS) is 25.1. The highest BCUT2D eigenvalue weighted by Crippen LogP contribution is 1.97. The topological polar surface area (TPSA) is 43.2 Å². The van der Waals surface area contributed by atoms with Crippen molar-refractivity contribution < 1.29 is 4.79 Å². The number of ketones is 1. The Morgan fingerprint density at radius 2 is 2.60 bits per heavy atom. The molecule has 3 nitrogen and oxygen atoms in total. The van der Waals surface area contributed by atoms with E-state index < -0.39 is 0 Å². The fourth-order valence-electron chi connectivity index (χ4n) is 1.04. The number of nitrogens with one attached hydrogen (secondary N) is 1. The van der Waals surface area contributed by atoms with E-state index in [1.165, 1.54) is 0 Å². The van der Waals surface area contributed by atoms with Crippen molar-refractivity contribution in [3.8, 4) is 0 Å². The monoisotopic (exact) mass is 141 g/mol. The van der Waals surface area contributed by atoms with E-state index in [4.69, 9.17) is 0 Å². The lowest BCUT2D eigenvalue weighted by Gasteiger charge is -2.07. The summed E-state index contributed by atoms with van der Waals surface area (Å²) in [4.78, 5) is 10.5. The lowest BCUT2D eigenvalue weighted by atomic mass is 10.2. The van der Waals surface area contributed by atoms with Gasteiger partial charge in [0.05, 0.1) is 6.54 Å². The SMILES string of the molecule is CC(=O)CNC1CC[N]C1. The zero-order valence-electron chi connectivity index (χ0n) is 6.26. The molecule has 0 spiro atoms. The van der Waals surface area contributed by atoms with Crippen molar-refractivity contribution in [3.63, 3.8) is 0 Å². The largest absolute Gasteiger partial charge is 0.306 e. The molecular formula is C7H13N2O. The fraction of sp³-hybridized carbons (Fsp3) is 0.857. The van der Waals surface area contributed by atoms with E-state index in [0.717, 1.165) is 19.5 Å². The van der Waals surface area contributed by atoms with Crippen molar-refractivity contribution in [2.75, 3.05) is 19.6 Å². The molecule has 3 heteroatoms. The molecule has 10 heavy (non-hydrogen) atoms. The van der Waals surface area contributed by atoms with Crippen LogP contribution in [0.1, 0.15) is 13.3 Å². The maximum Gasteiger partial charge on any atom is 0.143 e. The minimum absolute atomic E-state index is 0.201. The summed E-state index contributed by atoms with van der Waals surface area (Å²) in [6.07, 6.45) is 1.09. The van der Waals surface area contributed by atoms with Gasteiger partial charge in [-0.05, 0) is 13.3 Å². The molecule has 1 fully saturated rings. The molecule has 1 rings (SSSR count). The van der Waals surface area contributed by atoms with Gasteiger partial charge in [0.15, 0.2) is 0 Å². The first-order valence-electron chi connectivity index (χ1n) is 3.65. The van der Waals surface area contributed by atoms with E-state index in [1.54, 1.807) is 6.92 Å². The number of carbonyl (C=O) groups is 1. The summed E-state index contributed by atoms with van der Waals surface area (Å²) < 4.78 is 0. The van der Waals surface area contributed by atoms with Crippen LogP contribution in [0.25, 0.3) is 0 Å². The standard InChI is InChI=1S/C7H13N2O/c1-6(10)4-9-7-2-3-8-5-7/h7,9H,2-5H2,1H3. The van der Waals surface area contributed by atoms with Crippen LogP contribution < -0.4 is 10.6 Å². The van der Waals surface area contributed by atoms with Gasteiger partial charge in [0.25, 0.3) is 0 Å². The molecule has 1 saturated heterocycles. The Labute approximate surface area is 61.2 Å². The molecule has 1 atom stereocenters. The van der Waals surface area contributed by atoms with Crippen molar-refractivity contribution in [2.45, 2.75) is 19.4 Å². The van der Waals surface area contributed by atoms with Crippen LogP contribution in [0.15, 0.2) is 0 Å². The molecule has 0 aromatic heterocycles. The van der Waals surface area contributed by atoms with Gasteiger partial charge in [0.1, 0.15) is 5.78 Å². The van der Waals surface area contributed by atoms with E-state index in [2.05, 4.69) is 10.6 Å². The van der Waals surface area contributed by atoms with Crippen LogP contribution in [0.5, 0.6) is 0 Å². The second-order valence-corrected chi connectivity index (χ2v) is 2.70. The number of hydrogen-bond acceptors (Lipinski definition) is 2. The van der Waals surface area contributed by atoms with Gasteiger partial charge in [-0.2, -0.15) is 0 Å². The molecule has 0 amide bonds. The summed E-state index contributed by atoms with van der Waals surface area (Å²) in [5.74, 6) is 0.201. The highest BCUT2D eigenvalue weighted by atomic mass is 16.1. The van der Waals surface area contributed by atoms with E-state index in [0.29, 0.717) is 12.6 Å². The minimum Gasteiger partial charge on any atom is -0.306 e. The lowest BCUT2D eigenvalue weighted by molar-refractivity contribution is -0.116. The molecule has 0 aliphatic carbocycles.